The van der Waals surface area contributed by atoms with Gasteiger partial charge in [-0.3, -0.25) is 9.59 Å². The molecule has 0 bridgehead atoms. The third kappa shape index (κ3) is 4.82. The Balaban J connectivity index is 1.68. The van der Waals surface area contributed by atoms with Gasteiger partial charge in [-0.1, -0.05) is 25.9 Å². The molecule has 1 aromatic rings. The number of Topliss-reactive ketones (excluding diaryl/α,β-unsaturated/α-hetero) is 1. The maximum Gasteiger partial charge on any atom is 0.226 e. The number of nitrogens with zero attached hydrogens (tertiary/aromatic N) is 2. The van der Waals surface area contributed by atoms with Crippen molar-refractivity contribution >= 4 is 21.5 Å². The van der Waals surface area contributed by atoms with Gasteiger partial charge in [0.2, 0.25) is 5.91 Å². The van der Waals surface area contributed by atoms with Gasteiger partial charge in [-0.2, -0.15) is 0 Å². The Labute approximate surface area is 166 Å². The molecule has 0 saturated carbocycles. The largest absolute Gasteiger partial charge is 0.361 e. The van der Waals surface area contributed by atoms with Gasteiger partial charge in [0.25, 0.3) is 0 Å². The molecule has 1 aromatic heterocycles. The first-order chi connectivity index (χ1) is 13.1. The molecule has 0 N–H and O–H groups in total. The van der Waals surface area contributed by atoms with Crippen LogP contribution in [-0.4, -0.2) is 54.3 Å². The number of carbonyl (C=O) groups is 2. The van der Waals surface area contributed by atoms with E-state index in [0.29, 0.717) is 31.5 Å². The molecule has 0 aliphatic carbocycles. The third-order valence-corrected chi connectivity index (χ3v) is 7.43. The Morgan fingerprint density at radius 3 is 2.46 bits per heavy atom. The second-order valence-corrected chi connectivity index (χ2v) is 11.3. The van der Waals surface area contributed by atoms with E-state index in [1.807, 2.05) is 26.8 Å². The molecular formula is C20H30N2O5S. The lowest BCUT2D eigenvalue weighted by Crippen LogP contribution is -2.51. The summed E-state index contributed by atoms with van der Waals surface area (Å²) < 4.78 is 28.7. The maximum absolute atomic E-state index is 13.0. The van der Waals surface area contributed by atoms with Crippen LogP contribution in [0.3, 0.4) is 0 Å². The molecule has 0 aromatic carbocycles. The number of ketones is 1. The van der Waals surface area contributed by atoms with Crippen LogP contribution in [0.5, 0.6) is 0 Å². The van der Waals surface area contributed by atoms with Crippen LogP contribution in [0.4, 0.5) is 0 Å². The number of amides is 1. The maximum atomic E-state index is 13.0. The average Bonchev–Trinajstić information content (AvgIpc) is 3.10. The van der Waals surface area contributed by atoms with E-state index in [1.54, 1.807) is 4.90 Å². The molecule has 2 aliphatic heterocycles. The molecule has 0 spiro atoms. The summed E-state index contributed by atoms with van der Waals surface area (Å²) in [7, 11) is -3.02. The van der Waals surface area contributed by atoms with Crippen molar-refractivity contribution in [1.82, 2.24) is 10.1 Å². The van der Waals surface area contributed by atoms with Gasteiger partial charge in [0.15, 0.2) is 5.78 Å². The lowest BCUT2D eigenvalue weighted by Gasteiger charge is -2.37. The van der Waals surface area contributed by atoms with Gasteiger partial charge in [0, 0.05) is 23.9 Å². The van der Waals surface area contributed by atoms with E-state index >= 15 is 0 Å². The molecule has 2 aliphatic rings. The van der Waals surface area contributed by atoms with Crippen LogP contribution in [0.25, 0.3) is 0 Å². The molecule has 3 heterocycles. The molecule has 0 unspecified atom stereocenters. The fraction of sp³-hybridized carbons (Fsp3) is 0.750. The zero-order valence-electron chi connectivity index (χ0n) is 16.9. The fourth-order valence-electron chi connectivity index (χ4n) is 3.95. The standard InChI is InChI=1S/C20H30N2O5S/c1-20(2,3)18-13-15(21-27-18)12-17(23)16-6-4-5-9-22(16)19(24)14-7-10-28(25,26)11-8-14/h13-14,16H,4-12H2,1-3H3/t16-/m0/s1. The molecular weight excluding hydrogens is 380 g/mol. The van der Waals surface area contributed by atoms with Crippen LogP contribution in [0.2, 0.25) is 0 Å². The summed E-state index contributed by atoms with van der Waals surface area (Å²) in [5, 5.41) is 4.03. The highest BCUT2D eigenvalue weighted by molar-refractivity contribution is 7.91. The molecule has 8 heteroatoms. The minimum atomic E-state index is -3.02. The number of likely N-dealkylation sites (tertiary alicyclic amines) is 1. The third-order valence-electron chi connectivity index (χ3n) is 5.71. The van der Waals surface area contributed by atoms with E-state index in [1.165, 1.54) is 0 Å². The topological polar surface area (TPSA) is 97.6 Å². The molecule has 156 valence electrons. The van der Waals surface area contributed by atoms with Gasteiger partial charge in [-0.05, 0) is 32.1 Å². The van der Waals surface area contributed by atoms with Gasteiger partial charge in [0.1, 0.15) is 15.6 Å². The van der Waals surface area contributed by atoms with Crippen LogP contribution < -0.4 is 0 Å². The van der Waals surface area contributed by atoms with E-state index in [-0.39, 0.29) is 40.9 Å². The van der Waals surface area contributed by atoms with Crippen LogP contribution in [-0.2, 0) is 31.3 Å². The predicted molar refractivity (Wildman–Crippen MR) is 105 cm³/mol. The lowest BCUT2D eigenvalue weighted by molar-refractivity contribution is -0.144. The van der Waals surface area contributed by atoms with Crippen molar-refractivity contribution < 1.29 is 22.5 Å². The summed E-state index contributed by atoms with van der Waals surface area (Å²) in [6, 6.07) is 1.37. The molecule has 2 fully saturated rings. The van der Waals surface area contributed by atoms with Crippen LogP contribution in [0.15, 0.2) is 10.6 Å². The summed E-state index contributed by atoms with van der Waals surface area (Å²) in [6.45, 7) is 6.62. The van der Waals surface area contributed by atoms with Crippen molar-refractivity contribution in [2.24, 2.45) is 5.92 Å². The van der Waals surface area contributed by atoms with Crippen molar-refractivity contribution in [2.75, 3.05) is 18.1 Å². The molecule has 7 nitrogen and oxygen atoms in total. The van der Waals surface area contributed by atoms with Gasteiger partial charge < -0.3 is 9.42 Å². The number of hydrogen-bond acceptors (Lipinski definition) is 6. The Morgan fingerprint density at radius 2 is 1.86 bits per heavy atom. The van der Waals surface area contributed by atoms with E-state index in [9.17, 15) is 18.0 Å². The second-order valence-electron chi connectivity index (χ2n) is 9.04. The highest BCUT2D eigenvalue weighted by Gasteiger charge is 2.37. The number of sulfone groups is 1. The SMILES string of the molecule is CC(C)(C)c1cc(CC(=O)[C@@H]2CCCCN2C(=O)C2CCS(=O)(=O)CC2)no1. The second kappa shape index (κ2) is 7.97. The Bertz CT molecular complexity index is 823. The normalized spacial score (nSPS) is 23.5. The summed E-state index contributed by atoms with van der Waals surface area (Å²) in [5.41, 5.74) is 0.416. The van der Waals surface area contributed by atoms with E-state index < -0.39 is 15.9 Å². The smallest absolute Gasteiger partial charge is 0.226 e. The van der Waals surface area contributed by atoms with Gasteiger partial charge in [-0.15, -0.1) is 0 Å². The first kappa shape index (κ1) is 21.0. The first-order valence-electron chi connectivity index (χ1n) is 10.1. The predicted octanol–water partition coefficient (Wildman–Crippen LogP) is 2.29. The zero-order chi connectivity index (χ0) is 20.5. The Kier molecular flexibility index (Phi) is 5.98. The Hall–Kier alpha value is -1.70. The molecule has 1 amide bonds. The number of hydrogen-bond donors (Lipinski definition) is 0. The van der Waals surface area contributed by atoms with E-state index in [0.717, 1.165) is 18.6 Å². The van der Waals surface area contributed by atoms with Crippen molar-refractivity contribution in [1.29, 1.82) is 0 Å². The number of aromatic nitrogens is 1. The van der Waals surface area contributed by atoms with Gasteiger partial charge in [-0.25, -0.2) is 8.42 Å². The molecule has 1 atom stereocenters. The van der Waals surface area contributed by atoms with Crippen LogP contribution >= 0.6 is 0 Å². The molecule has 3 rings (SSSR count). The zero-order valence-corrected chi connectivity index (χ0v) is 17.8. The first-order valence-corrected chi connectivity index (χ1v) is 11.9. The van der Waals surface area contributed by atoms with E-state index in [4.69, 9.17) is 4.52 Å². The molecule has 28 heavy (non-hydrogen) atoms. The van der Waals surface area contributed by atoms with Crippen molar-refractivity contribution in [3.05, 3.63) is 17.5 Å². The minimum absolute atomic E-state index is 0.0229. The highest BCUT2D eigenvalue weighted by Crippen LogP contribution is 2.27. The van der Waals surface area contributed by atoms with Crippen LogP contribution in [0.1, 0.15) is 64.3 Å². The Morgan fingerprint density at radius 1 is 1.18 bits per heavy atom. The van der Waals surface area contributed by atoms with Crippen molar-refractivity contribution in [3.63, 3.8) is 0 Å². The lowest BCUT2D eigenvalue weighted by atomic mass is 9.91. The van der Waals surface area contributed by atoms with Crippen molar-refractivity contribution in [3.8, 4) is 0 Å². The van der Waals surface area contributed by atoms with Crippen LogP contribution in [0, 0.1) is 5.92 Å². The van der Waals surface area contributed by atoms with Gasteiger partial charge in [0.05, 0.1) is 29.7 Å². The monoisotopic (exact) mass is 410 g/mol. The summed E-state index contributed by atoms with van der Waals surface area (Å²) in [4.78, 5) is 27.7. The average molecular weight is 411 g/mol. The molecule has 0 radical (unpaired) electrons. The number of carbonyl (C=O) groups excluding carboxylic acids is 2. The number of rotatable bonds is 4. The minimum Gasteiger partial charge on any atom is -0.361 e. The summed E-state index contributed by atoms with van der Waals surface area (Å²) in [6.07, 6.45) is 3.30. The fourth-order valence-corrected chi connectivity index (χ4v) is 5.44. The number of piperidine rings is 1. The summed E-state index contributed by atoms with van der Waals surface area (Å²) >= 11 is 0. The molecule has 2 saturated heterocycles. The van der Waals surface area contributed by atoms with Crippen molar-refractivity contribution in [2.45, 2.75) is 70.8 Å². The summed E-state index contributed by atoms with van der Waals surface area (Å²) in [5.74, 6) is 0.467. The highest BCUT2D eigenvalue weighted by atomic mass is 32.2. The quantitative estimate of drug-likeness (QED) is 0.755. The van der Waals surface area contributed by atoms with E-state index in [2.05, 4.69) is 5.16 Å². The van der Waals surface area contributed by atoms with Gasteiger partial charge >= 0.3 is 0 Å².